The van der Waals surface area contributed by atoms with E-state index in [1.807, 2.05) is 45.0 Å². The Morgan fingerprint density at radius 3 is 2.55 bits per heavy atom. The predicted molar refractivity (Wildman–Crippen MR) is 142 cm³/mol. The lowest BCUT2D eigenvalue weighted by Gasteiger charge is -2.35. The highest BCUT2D eigenvalue weighted by Crippen LogP contribution is 2.38. The summed E-state index contributed by atoms with van der Waals surface area (Å²) in [5.41, 5.74) is 1.36. The molecule has 10 nitrogen and oxygen atoms in total. The van der Waals surface area contributed by atoms with Gasteiger partial charge in [0, 0.05) is 11.1 Å². The summed E-state index contributed by atoms with van der Waals surface area (Å²) in [7, 11) is 3.03. The fourth-order valence-electron chi connectivity index (χ4n) is 4.22. The number of hydrogen-bond donors (Lipinski definition) is 1. The van der Waals surface area contributed by atoms with Crippen LogP contribution in [0.25, 0.3) is 11.0 Å². The van der Waals surface area contributed by atoms with Gasteiger partial charge in [-0.3, -0.25) is 9.59 Å². The maximum Gasteiger partial charge on any atom is 0.248 e. The van der Waals surface area contributed by atoms with E-state index in [4.69, 9.17) is 13.9 Å². The largest absolute Gasteiger partial charge is 0.493 e. The summed E-state index contributed by atoms with van der Waals surface area (Å²) in [5, 5.41) is 11.4. The quantitative estimate of drug-likeness (QED) is 0.317. The molecule has 0 aliphatic rings. The minimum atomic E-state index is -1.06. The third-order valence-electron chi connectivity index (χ3n) is 6.57. The molecule has 4 rings (SSSR count). The van der Waals surface area contributed by atoms with Gasteiger partial charge in [0.15, 0.2) is 11.5 Å². The highest BCUT2D eigenvalue weighted by atomic mass is 16.5. The first kappa shape index (κ1) is 26.7. The lowest BCUT2D eigenvalue weighted by Crippen LogP contribution is -2.50. The van der Waals surface area contributed by atoms with E-state index in [0.717, 1.165) is 0 Å². The highest BCUT2D eigenvalue weighted by Gasteiger charge is 2.37. The first-order valence-corrected chi connectivity index (χ1v) is 12.4. The average molecular weight is 520 g/mol. The van der Waals surface area contributed by atoms with Crippen molar-refractivity contribution in [1.29, 1.82) is 0 Å². The van der Waals surface area contributed by atoms with Gasteiger partial charge in [-0.15, -0.1) is 5.10 Å². The number of hydrogen-bond acceptors (Lipinski definition) is 7. The number of aromatic nitrogens is 3. The normalized spacial score (nSPS) is 12.2. The molecule has 200 valence electrons. The number of nitrogens with one attached hydrogen (secondary N) is 1. The van der Waals surface area contributed by atoms with Crippen LogP contribution in [0.15, 0.2) is 65.3 Å². The van der Waals surface area contributed by atoms with Crippen LogP contribution in [0.5, 0.6) is 11.5 Å². The van der Waals surface area contributed by atoms with Gasteiger partial charge in [-0.05, 0) is 50.6 Å². The Morgan fingerprint density at radius 2 is 1.87 bits per heavy atom. The monoisotopic (exact) mass is 519 g/mol. The van der Waals surface area contributed by atoms with Crippen LogP contribution in [0, 0.1) is 0 Å². The van der Waals surface area contributed by atoms with Gasteiger partial charge >= 0.3 is 0 Å². The Labute approximate surface area is 221 Å². The molecule has 2 aromatic heterocycles. The number of fused-ring (bicyclic) bond motifs is 1. The molecule has 0 fully saturated rings. The van der Waals surface area contributed by atoms with Gasteiger partial charge in [-0.1, -0.05) is 36.4 Å². The number of methoxy groups -OCH3 is 2. The molecule has 2 aromatic carbocycles. The number of amides is 2. The van der Waals surface area contributed by atoms with Gasteiger partial charge < -0.3 is 24.1 Å². The summed E-state index contributed by atoms with van der Waals surface area (Å²) < 4.78 is 18.3. The number of benzene rings is 2. The van der Waals surface area contributed by atoms with Crippen molar-refractivity contribution in [2.45, 2.75) is 51.9 Å². The predicted octanol–water partition coefficient (Wildman–Crippen LogP) is 4.12. The summed E-state index contributed by atoms with van der Waals surface area (Å²) in [4.78, 5) is 29.5. The van der Waals surface area contributed by atoms with E-state index in [9.17, 15) is 9.59 Å². The summed E-state index contributed by atoms with van der Waals surface area (Å²) in [5.74, 6) is 0.637. The number of carbonyl (C=O) groups is 2. The minimum Gasteiger partial charge on any atom is -0.493 e. The molecule has 0 bridgehead atoms. The first-order valence-electron chi connectivity index (χ1n) is 12.4. The van der Waals surface area contributed by atoms with Crippen LogP contribution in [0.2, 0.25) is 0 Å². The van der Waals surface area contributed by atoms with Crippen molar-refractivity contribution in [3.63, 3.8) is 0 Å². The SMILES string of the molecule is CCC(C)(C)NC(=O)C(c1cccc(OC)c1OC)N(Cc1ccco1)C(=O)Cn1nnc2ccccc21. The Balaban J connectivity index is 1.82. The molecule has 4 aromatic rings. The standard InChI is InChI=1S/C28H33N5O5/c1-6-28(2,3)29-27(35)25(20-12-9-15-23(36-4)26(20)37-5)32(17-19-11-10-16-38-19)24(34)18-33-22-14-8-7-13-21(22)30-31-33/h7-16,25H,6,17-18H2,1-5H3,(H,29,35). The zero-order valence-corrected chi connectivity index (χ0v) is 22.3. The molecule has 1 unspecified atom stereocenters. The summed E-state index contributed by atoms with van der Waals surface area (Å²) in [6.07, 6.45) is 2.22. The molecular weight excluding hydrogens is 486 g/mol. The zero-order valence-electron chi connectivity index (χ0n) is 22.3. The first-order chi connectivity index (χ1) is 18.3. The number of para-hydroxylation sites is 2. The molecule has 0 spiro atoms. The molecule has 2 heterocycles. The van der Waals surface area contributed by atoms with Crippen molar-refractivity contribution < 1.29 is 23.5 Å². The lowest BCUT2D eigenvalue weighted by atomic mass is 9.97. The fraction of sp³-hybridized carbons (Fsp3) is 0.357. The topological polar surface area (TPSA) is 112 Å². The zero-order chi connectivity index (χ0) is 27.3. The molecule has 2 amide bonds. The molecule has 0 aliphatic carbocycles. The molecule has 1 N–H and O–H groups in total. The van der Waals surface area contributed by atoms with Crippen molar-refractivity contribution in [2.24, 2.45) is 0 Å². The summed E-state index contributed by atoms with van der Waals surface area (Å²) >= 11 is 0. The Kier molecular flexibility index (Phi) is 7.99. The van der Waals surface area contributed by atoms with Gasteiger partial charge in [0.1, 0.15) is 23.9 Å². The average Bonchev–Trinajstić information content (AvgIpc) is 3.58. The Morgan fingerprint density at radius 1 is 1.08 bits per heavy atom. The molecule has 1 atom stereocenters. The van der Waals surface area contributed by atoms with Crippen LogP contribution < -0.4 is 14.8 Å². The van der Waals surface area contributed by atoms with E-state index >= 15 is 0 Å². The second-order valence-electron chi connectivity index (χ2n) is 9.55. The van der Waals surface area contributed by atoms with E-state index in [1.165, 1.54) is 30.1 Å². The maximum atomic E-state index is 14.0. The second-order valence-corrected chi connectivity index (χ2v) is 9.55. The summed E-state index contributed by atoms with van der Waals surface area (Å²) in [6, 6.07) is 15.1. The number of furan rings is 1. The molecule has 10 heteroatoms. The van der Waals surface area contributed by atoms with Gasteiger partial charge in [0.2, 0.25) is 11.8 Å². The van der Waals surface area contributed by atoms with E-state index < -0.39 is 11.6 Å². The molecule has 0 radical (unpaired) electrons. The van der Waals surface area contributed by atoms with Gasteiger partial charge in [0.05, 0.1) is 32.5 Å². The van der Waals surface area contributed by atoms with Gasteiger partial charge in [-0.2, -0.15) is 0 Å². The van der Waals surface area contributed by atoms with E-state index in [0.29, 0.717) is 40.3 Å². The maximum absolute atomic E-state index is 14.0. The Bertz CT molecular complexity index is 1400. The van der Waals surface area contributed by atoms with Crippen molar-refractivity contribution >= 4 is 22.8 Å². The third kappa shape index (κ3) is 5.64. The molecule has 0 saturated carbocycles. The molecule has 38 heavy (non-hydrogen) atoms. The van der Waals surface area contributed by atoms with Crippen molar-refractivity contribution in [3.8, 4) is 11.5 Å². The summed E-state index contributed by atoms with van der Waals surface area (Å²) in [6.45, 7) is 5.77. The minimum absolute atomic E-state index is 0.0451. The lowest BCUT2D eigenvalue weighted by molar-refractivity contribution is -0.143. The van der Waals surface area contributed by atoms with Crippen LogP contribution in [-0.2, 0) is 22.7 Å². The van der Waals surface area contributed by atoms with Crippen LogP contribution >= 0.6 is 0 Å². The van der Waals surface area contributed by atoms with E-state index in [-0.39, 0.29) is 24.9 Å². The van der Waals surface area contributed by atoms with E-state index in [2.05, 4.69) is 15.6 Å². The van der Waals surface area contributed by atoms with Crippen LogP contribution in [-0.4, -0.2) is 51.5 Å². The number of carbonyl (C=O) groups excluding carboxylic acids is 2. The molecular formula is C28H33N5O5. The van der Waals surface area contributed by atoms with Gasteiger partial charge in [-0.25, -0.2) is 4.68 Å². The number of rotatable bonds is 11. The third-order valence-corrected chi connectivity index (χ3v) is 6.57. The number of ether oxygens (including phenoxy) is 2. The second kappa shape index (κ2) is 11.4. The smallest absolute Gasteiger partial charge is 0.248 e. The number of nitrogens with zero attached hydrogens (tertiary/aromatic N) is 4. The molecule has 0 aliphatic heterocycles. The van der Waals surface area contributed by atoms with E-state index in [1.54, 1.807) is 30.3 Å². The molecule has 0 saturated heterocycles. The van der Waals surface area contributed by atoms with Gasteiger partial charge in [0.25, 0.3) is 0 Å². The van der Waals surface area contributed by atoms with Crippen LogP contribution in [0.3, 0.4) is 0 Å². The highest BCUT2D eigenvalue weighted by molar-refractivity contribution is 5.90. The van der Waals surface area contributed by atoms with Crippen LogP contribution in [0.4, 0.5) is 0 Å². The Hall–Kier alpha value is -4.34. The van der Waals surface area contributed by atoms with Crippen molar-refractivity contribution in [3.05, 3.63) is 72.2 Å². The fourth-order valence-corrected chi connectivity index (χ4v) is 4.22. The van der Waals surface area contributed by atoms with Crippen molar-refractivity contribution in [2.75, 3.05) is 14.2 Å². The van der Waals surface area contributed by atoms with Crippen molar-refractivity contribution in [1.82, 2.24) is 25.2 Å². The van der Waals surface area contributed by atoms with Crippen LogP contribution in [0.1, 0.15) is 44.6 Å².